The first-order valence-electron chi connectivity index (χ1n) is 6.94. The summed E-state index contributed by atoms with van der Waals surface area (Å²) in [5.74, 6) is 0.0620. The molecule has 0 aliphatic carbocycles. The first-order chi connectivity index (χ1) is 9.17. The molecular weight excluding hydrogens is 246 g/mol. The van der Waals surface area contributed by atoms with Gasteiger partial charge in [0.25, 0.3) is 0 Å². The molecule has 6 nitrogen and oxygen atoms in total. The summed E-state index contributed by atoms with van der Waals surface area (Å²) in [6.07, 6.45) is 2.66. The Morgan fingerprint density at radius 3 is 2.58 bits per heavy atom. The summed E-state index contributed by atoms with van der Waals surface area (Å²) in [6, 6.07) is 0.162. The highest BCUT2D eigenvalue weighted by atomic mass is 16.5. The Morgan fingerprint density at radius 2 is 2.00 bits per heavy atom. The average Bonchev–Trinajstić information content (AvgIpc) is 2.40. The largest absolute Gasteiger partial charge is 0.375 e. The number of likely N-dealkylation sites (tertiary alicyclic amines) is 1. The van der Waals surface area contributed by atoms with Gasteiger partial charge in [0.1, 0.15) is 6.61 Å². The van der Waals surface area contributed by atoms with Gasteiger partial charge in [0, 0.05) is 26.2 Å². The normalized spacial score (nSPS) is 16.4. The molecule has 0 radical (unpaired) electrons. The first-order valence-corrected chi connectivity index (χ1v) is 6.94. The Balaban J connectivity index is 2.21. The average molecular weight is 271 g/mol. The Labute approximate surface area is 114 Å². The van der Waals surface area contributed by atoms with Gasteiger partial charge in [0.2, 0.25) is 11.8 Å². The molecule has 1 aliphatic rings. The first kappa shape index (κ1) is 15.9. The predicted molar refractivity (Wildman–Crippen MR) is 72.8 cm³/mol. The van der Waals surface area contributed by atoms with E-state index in [1.165, 1.54) is 7.11 Å². The van der Waals surface area contributed by atoms with Crippen molar-refractivity contribution in [2.24, 2.45) is 0 Å². The molecule has 0 unspecified atom stereocenters. The van der Waals surface area contributed by atoms with Gasteiger partial charge in [-0.25, -0.2) is 0 Å². The highest BCUT2D eigenvalue weighted by molar-refractivity contribution is 5.79. The van der Waals surface area contributed by atoms with Crippen molar-refractivity contribution in [1.82, 2.24) is 15.5 Å². The Morgan fingerprint density at radius 1 is 1.32 bits per heavy atom. The number of carbonyl (C=O) groups is 2. The van der Waals surface area contributed by atoms with Crippen molar-refractivity contribution in [3.8, 4) is 0 Å². The quantitative estimate of drug-likeness (QED) is 0.626. The second-order valence-electron chi connectivity index (χ2n) is 4.83. The second-order valence-corrected chi connectivity index (χ2v) is 4.83. The van der Waals surface area contributed by atoms with E-state index >= 15 is 0 Å². The van der Waals surface area contributed by atoms with E-state index in [9.17, 15) is 9.59 Å². The molecule has 1 aliphatic heterocycles. The molecule has 0 atom stereocenters. The number of hydrogen-bond donors (Lipinski definition) is 2. The molecule has 0 spiro atoms. The molecule has 19 heavy (non-hydrogen) atoms. The number of amides is 2. The van der Waals surface area contributed by atoms with Gasteiger partial charge in [-0.15, -0.1) is 0 Å². The van der Waals surface area contributed by atoms with E-state index in [4.69, 9.17) is 4.74 Å². The smallest absolute Gasteiger partial charge is 0.246 e. The third-order valence-electron chi connectivity index (χ3n) is 3.19. The highest BCUT2D eigenvalue weighted by Gasteiger charge is 2.23. The van der Waals surface area contributed by atoms with Gasteiger partial charge in [-0.1, -0.05) is 6.92 Å². The number of nitrogens with one attached hydrogen (secondary N) is 2. The summed E-state index contributed by atoms with van der Waals surface area (Å²) in [5, 5.41) is 6.03. The van der Waals surface area contributed by atoms with Crippen LogP contribution in [0.5, 0.6) is 0 Å². The number of rotatable bonds is 7. The fraction of sp³-hybridized carbons (Fsp3) is 0.846. The topological polar surface area (TPSA) is 70.7 Å². The van der Waals surface area contributed by atoms with Crippen LogP contribution in [0.3, 0.4) is 0 Å². The molecule has 2 amide bonds. The number of methoxy groups -OCH3 is 1. The number of carbonyl (C=O) groups excluding carboxylic acids is 2. The fourth-order valence-electron chi connectivity index (χ4n) is 2.16. The van der Waals surface area contributed by atoms with E-state index < -0.39 is 0 Å². The van der Waals surface area contributed by atoms with Gasteiger partial charge >= 0.3 is 0 Å². The van der Waals surface area contributed by atoms with Crippen LogP contribution >= 0.6 is 0 Å². The third-order valence-corrected chi connectivity index (χ3v) is 3.19. The zero-order valence-corrected chi connectivity index (χ0v) is 11.9. The van der Waals surface area contributed by atoms with Crippen molar-refractivity contribution < 1.29 is 14.3 Å². The van der Waals surface area contributed by atoms with Crippen LogP contribution < -0.4 is 10.6 Å². The molecule has 2 N–H and O–H groups in total. The van der Waals surface area contributed by atoms with Crippen LogP contribution in [-0.4, -0.2) is 62.7 Å². The molecule has 0 aromatic heterocycles. The fourth-order valence-corrected chi connectivity index (χ4v) is 2.16. The SMILES string of the molecule is CCCNCC(=O)N1CCC(NC(=O)COC)CC1. The predicted octanol–water partition coefficient (Wildman–Crippen LogP) is -0.260. The summed E-state index contributed by atoms with van der Waals surface area (Å²) in [6.45, 7) is 4.88. The third kappa shape index (κ3) is 6.02. The van der Waals surface area contributed by atoms with Crippen molar-refractivity contribution >= 4 is 11.8 Å². The van der Waals surface area contributed by atoms with Gasteiger partial charge in [0.15, 0.2) is 0 Å². The minimum atomic E-state index is -0.0862. The Hall–Kier alpha value is -1.14. The van der Waals surface area contributed by atoms with Crippen LogP contribution in [0.1, 0.15) is 26.2 Å². The van der Waals surface area contributed by atoms with Crippen molar-refractivity contribution in [2.75, 3.05) is 39.9 Å². The van der Waals surface area contributed by atoms with Crippen LogP contribution in [-0.2, 0) is 14.3 Å². The van der Waals surface area contributed by atoms with E-state index in [0.29, 0.717) is 19.6 Å². The van der Waals surface area contributed by atoms with E-state index in [-0.39, 0.29) is 24.5 Å². The van der Waals surface area contributed by atoms with E-state index in [1.54, 1.807) is 0 Å². The van der Waals surface area contributed by atoms with Crippen LogP contribution in [0, 0.1) is 0 Å². The van der Waals surface area contributed by atoms with Crippen LogP contribution in [0.2, 0.25) is 0 Å². The molecular formula is C13H25N3O3. The zero-order chi connectivity index (χ0) is 14.1. The lowest BCUT2D eigenvalue weighted by Gasteiger charge is -2.32. The Bertz CT molecular complexity index is 289. The number of nitrogens with zero attached hydrogens (tertiary/aromatic N) is 1. The lowest BCUT2D eigenvalue weighted by molar-refractivity contribution is -0.131. The summed E-state index contributed by atoms with van der Waals surface area (Å²) in [7, 11) is 1.50. The zero-order valence-electron chi connectivity index (χ0n) is 11.9. The second kappa shape index (κ2) is 8.87. The molecule has 1 heterocycles. The molecule has 1 rings (SSSR count). The summed E-state index contributed by atoms with van der Waals surface area (Å²) in [4.78, 5) is 25.1. The maximum atomic E-state index is 11.9. The maximum absolute atomic E-state index is 11.9. The van der Waals surface area contributed by atoms with Crippen molar-refractivity contribution in [1.29, 1.82) is 0 Å². The Kier molecular flexibility index (Phi) is 7.43. The van der Waals surface area contributed by atoms with Crippen LogP contribution in [0.15, 0.2) is 0 Å². The standard InChI is InChI=1S/C13H25N3O3/c1-3-6-14-9-13(18)16-7-4-11(5-8-16)15-12(17)10-19-2/h11,14H,3-10H2,1-2H3,(H,15,17). The van der Waals surface area contributed by atoms with Gasteiger partial charge < -0.3 is 20.3 Å². The minimum absolute atomic E-state index is 0.0862. The molecule has 1 fully saturated rings. The summed E-state index contributed by atoms with van der Waals surface area (Å²) < 4.78 is 4.77. The molecule has 110 valence electrons. The molecule has 6 heteroatoms. The number of ether oxygens (including phenoxy) is 1. The van der Waals surface area contributed by atoms with E-state index in [0.717, 1.165) is 25.8 Å². The molecule has 1 saturated heterocycles. The van der Waals surface area contributed by atoms with Crippen LogP contribution in [0.25, 0.3) is 0 Å². The number of hydrogen-bond acceptors (Lipinski definition) is 4. The maximum Gasteiger partial charge on any atom is 0.246 e. The van der Waals surface area contributed by atoms with Gasteiger partial charge in [-0.3, -0.25) is 9.59 Å². The summed E-state index contributed by atoms with van der Waals surface area (Å²) >= 11 is 0. The van der Waals surface area contributed by atoms with E-state index in [1.807, 2.05) is 4.90 Å². The van der Waals surface area contributed by atoms with E-state index in [2.05, 4.69) is 17.6 Å². The molecule has 0 aromatic rings. The van der Waals surface area contributed by atoms with Gasteiger partial charge in [0.05, 0.1) is 6.54 Å². The molecule has 0 bridgehead atoms. The molecule has 0 saturated carbocycles. The minimum Gasteiger partial charge on any atom is -0.375 e. The van der Waals surface area contributed by atoms with Crippen LogP contribution in [0.4, 0.5) is 0 Å². The van der Waals surface area contributed by atoms with Crippen molar-refractivity contribution in [3.05, 3.63) is 0 Å². The molecule has 0 aromatic carbocycles. The van der Waals surface area contributed by atoms with Gasteiger partial charge in [-0.05, 0) is 25.8 Å². The lowest BCUT2D eigenvalue weighted by atomic mass is 10.0. The summed E-state index contributed by atoms with van der Waals surface area (Å²) in [5.41, 5.74) is 0. The van der Waals surface area contributed by atoms with Gasteiger partial charge in [-0.2, -0.15) is 0 Å². The number of piperidine rings is 1. The monoisotopic (exact) mass is 271 g/mol. The van der Waals surface area contributed by atoms with Crippen molar-refractivity contribution in [2.45, 2.75) is 32.2 Å². The lowest BCUT2D eigenvalue weighted by Crippen LogP contribution is -2.49. The highest BCUT2D eigenvalue weighted by Crippen LogP contribution is 2.10. The van der Waals surface area contributed by atoms with Crippen molar-refractivity contribution in [3.63, 3.8) is 0 Å².